The number of rotatable bonds is 6. The molecule has 0 aliphatic carbocycles. The van der Waals surface area contributed by atoms with Crippen molar-refractivity contribution in [3.8, 4) is 0 Å². The second-order valence-electron chi connectivity index (χ2n) is 6.50. The van der Waals surface area contributed by atoms with Gasteiger partial charge in [0.05, 0.1) is 11.6 Å². The highest BCUT2D eigenvalue weighted by Gasteiger charge is 2.45. The van der Waals surface area contributed by atoms with Crippen LogP contribution in [0.2, 0.25) is 5.02 Å². The number of likely N-dealkylation sites (tertiary alicyclic amines) is 1. The van der Waals surface area contributed by atoms with Crippen molar-refractivity contribution in [1.29, 1.82) is 0 Å². The lowest BCUT2D eigenvalue weighted by atomic mass is 9.96. The number of aliphatic hydroxyl groups excluding tert-OH is 1. The molecule has 1 aromatic heterocycles. The van der Waals surface area contributed by atoms with Crippen LogP contribution in [0.15, 0.2) is 54.4 Å². The number of unbranched alkanes of at least 4 members (excludes halogenated alkanes) is 2. The van der Waals surface area contributed by atoms with E-state index in [1.165, 1.54) is 4.90 Å². The summed E-state index contributed by atoms with van der Waals surface area (Å²) < 4.78 is 0. The molecule has 27 heavy (non-hydrogen) atoms. The third-order valence-electron chi connectivity index (χ3n) is 4.64. The number of aromatic nitrogens is 1. The average Bonchev–Trinajstić information content (AvgIpc) is 2.93. The Morgan fingerprint density at radius 1 is 1.22 bits per heavy atom. The van der Waals surface area contributed by atoms with Crippen LogP contribution in [0.3, 0.4) is 0 Å². The number of benzene rings is 1. The second-order valence-corrected chi connectivity index (χ2v) is 6.93. The Kier molecular flexibility index (Phi) is 5.91. The van der Waals surface area contributed by atoms with Crippen molar-refractivity contribution >= 4 is 29.1 Å². The summed E-state index contributed by atoms with van der Waals surface area (Å²) in [7, 11) is 0. The molecule has 0 spiro atoms. The van der Waals surface area contributed by atoms with Crippen LogP contribution in [0.25, 0.3) is 5.76 Å². The fourth-order valence-corrected chi connectivity index (χ4v) is 3.51. The highest BCUT2D eigenvalue weighted by Crippen LogP contribution is 2.39. The van der Waals surface area contributed by atoms with Gasteiger partial charge < -0.3 is 10.0 Å². The zero-order valence-electron chi connectivity index (χ0n) is 15.1. The number of hydrogen-bond acceptors (Lipinski definition) is 4. The molecule has 140 valence electrons. The van der Waals surface area contributed by atoms with Crippen LogP contribution < -0.4 is 0 Å². The Balaban J connectivity index is 2.11. The molecule has 0 bridgehead atoms. The smallest absolute Gasteiger partial charge is 0.295 e. The highest BCUT2D eigenvalue weighted by atomic mass is 35.5. The molecule has 1 aliphatic heterocycles. The molecular weight excluding hydrogens is 364 g/mol. The van der Waals surface area contributed by atoms with Gasteiger partial charge in [-0.2, -0.15) is 0 Å². The van der Waals surface area contributed by atoms with Crippen molar-refractivity contribution in [3.63, 3.8) is 0 Å². The van der Waals surface area contributed by atoms with E-state index in [1.807, 2.05) is 6.07 Å². The van der Waals surface area contributed by atoms with Gasteiger partial charge in [-0.3, -0.25) is 14.6 Å². The number of amides is 1. The van der Waals surface area contributed by atoms with Crippen LogP contribution in [0, 0.1) is 0 Å². The van der Waals surface area contributed by atoms with Crippen LogP contribution in [-0.2, 0) is 9.59 Å². The van der Waals surface area contributed by atoms with Crippen molar-refractivity contribution in [2.45, 2.75) is 32.2 Å². The number of carbonyl (C=O) groups excluding carboxylic acids is 2. The second kappa shape index (κ2) is 8.35. The van der Waals surface area contributed by atoms with E-state index in [-0.39, 0.29) is 11.3 Å². The molecule has 2 heterocycles. The molecule has 5 nitrogen and oxygen atoms in total. The van der Waals surface area contributed by atoms with E-state index in [4.69, 9.17) is 11.6 Å². The minimum Gasteiger partial charge on any atom is -0.507 e. The Morgan fingerprint density at radius 2 is 2.04 bits per heavy atom. The highest BCUT2D eigenvalue weighted by molar-refractivity contribution is 6.46. The molecule has 1 unspecified atom stereocenters. The Hall–Kier alpha value is -2.66. The predicted molar refractivity (Wildman–Crippen MR) is 104 cm³/mol. The van der Waals surface area contributed by atoms with E-state index >= 15 is 0 Å². The van der Waals surface area contributed by atoms with Gasteiger partial charge in [0.1, 0.15) is 5.76 Å². The molecule has 3 rings (SSSR count). The topological polar surface area (TPSA) is 70.5 Å². The van der Waals surface area contributed by atoms with E-state index in [2.05, 4.69) is 11.9 Å². The minimum absolute atomic E-state index is 0.0757. The maximum absolute atomic E-state index is 12.8. The first kappa shape index (κ1) is 19.1. The summed E-state index contributed by atoms with van der Waals surface area (Å²) in [5, 5.41) is 11.3. The van der Waals surface area contributed by atoms with Crippen LogP contribution >= 0.6 is 11.6 Å². The van der Waals surface area contributed by atoms with Crippen molar-refractivity contribution in [1.82, 2.24) is 9.88 Å². The zero-order chi connectivity index (χ0) is 19.4. The van der Waals surface area contributed by atoms with Gasteiger partial charge in [0.25, 0.3) is 11.7 Å². The molecular formula is C21H21ClN2O3. The first-order chi connectivity index (χ1) is 13.0. The molecule has 0 radical (unpaired) electrons. The molecule has 1 N–H and O–H groups in total. The Morgan fingerprint density at radius 3 is 2.70 bits per heavy atom. The maximum Gasteiger partial charge on any atom is 0.295 e. The molecule has 1 aliphatic rings. The average molecular weight is 385 g/mol. The molecule has 6 heteroatoms. The molecule has 1 fully saturated rings. The van der Waals surface area contributed by atoms with Gasteiger partial charge >= 0.3 is 0 Å². The quantitative estimate of drug-likeness (QED) is 0.348. The number of ketones is 1. The number of pyridine rings is 1. The number of hydrogen-bond donors (Lipinski definition) is 1. The van der Waals surface area contributed by atoms with Gasteiger partial charge in [0.15, 0.2) is 0 Å². The van der Waals surface area contributed by atoms with Crippen molar-refractivity contribution in [2.75, 3.05) is 6.54 Å². The van der Waals surface area contributed by atoms with Gasteiger partial charge in [0, 0.05) is 29.5 Å². The number of halogens is 1. The Bertz CT molecular complexity index is 880. The predicted octanol–water partition coefficient (Wildman–Crippen LogP) is 4.35. The first-order valence-electron chi connectivity index (χ1n) is 8.99. The third kappa shape index (κ3) is 3.88. The van der Waals surface area contributed by atoms with Crippen LogP contribution in [-0.4, -0.2) is 33.2 Å². The standard InChI is InChI=1S/C21H21ClN2O3/c1-2-3-4-11-24-18(15-8-6-10-23-13-15)17(20(26)21(24)27)19(25)14-7-5-9-16(22)12-14/h5-10,12-13,18,25H,2-4,11H2,1H3/b19-17-. The number of carbonyl (C=O) groups is 2. The molecule has 0 saturated carbocycles. The Labute approximate surface area is 163 Å². The summed E-state index contributed by atoms with van der Waals surface area (Å²) >= 11 is 6.02. The van der Waals surface area contributed by atoms with Gasteiger partial charge in [0.2, 0.25) is 0 Å². The summed E-state index contributed by atoms with van der Waals surface area (Å²) in [6.07, 6.45) is 6.00. The molecule has 1 aromatic carbocycles. The van der Waals surface area contributed by atoms with E-state index < -0.39 is 17.7 Å². The molecule has 2 aromatic rings. The number of Topliss-reactive ketones (excluding diaryl/α,β-unsaturated/α-hetero) is 1. The maximum atomic E-state index is 12.8. The number of nitrogens with zero attached hydrogens (tertiary/aromatic N) is 2. The summed E-state index contributed by atoms with van der Waals surface area (Å²) in [5.41, 5.74) is 1.17. The summed E-state index contributed by atoms with van der Waals surface area (Å²) in [5.74, 6) is -1.50. The van der Waals surface area contributed by atoms with Crippen molar-refractivity contribution in [2.24, 2.45) is 0 Å². The monoisotopic (exact) mass is 384 g/mol. The fourth-order valence-electron chi connectivity index (χ4n) is 3.32. The van der Waals surface area contributed by atoms with Crippen molar-refractivity contribution < 1.29 is 14.7 Å². The van der Waals surface area contributed by atoms with Crippen molar-refractivity contribution in [3.05, 3.63) is 70.5 Å². The first-order valence-corrected chi connectivity index (χ1v) is 9.36. The van der Waals surface area contributed by atoms with Gasteiger partial charge in [-0.25, -0.2) is 0 Å². The van der Waals surface area contributed by atoms with Gasteiger partial charge in [-0.1, -0.05) is 49.6 Å². The van der Waals surface area contributed by atoms with E-state index in [0.717, 1.165) is 19.3 Å². The van der Waals surface area contributed by atoms with Crippen LogP contribution in [0.1, 0.15) is 43.4 Å². The lowest BCUT2D eigenvalue weighted by molar-refractivity contribution is -0.139. The summed E-state index contributed by atoms with van der Waals surface area (Å²) in [6.45, 7) is 2.52. The lowest BCUT2D eigenvalue weighted by Gasteiger charge is -2.25. The summed E-state index contributed by atoms with van der Waals surface area (Å²) in [4.78, 5) is 31.1. The van der Waals surface area contributed by atoms with Gasteiger partial charge in [-0.15, -0.1) is 0 Å². The van der Waals surface area contributed by atoms with E-state index in [9.17, 15) is 14.7 Å². The zero-order valence-corrected chi connectivity index (χ0v) is 15.8. The largest absolute Gasteiger partial charge is 0.507 e. The van der Waals surface area contributed by atoms with E-state index in [1.54, 1.807) is 42.7 Å². The van der Waals surface area contributed by atoms with Crippen LogP contribution in [0.4, 0.5) is 0 Å². The van der Waals surface area contributed by atoms with Gasteiger partial charge in [-0.05, 0) is 30.2 Å². The molecule has 1 atom stereocenters. The molecule has 1 saturated heterocycles. The summed E-state index contributed by atoms with van der Waals surface area (Å²) in [6, 6.07) is 9.50. The fraction of sp³-hybridized carbons (Fsp3) is 0.286. The van der Waals surface area contributed by atoms with E-state index in [0.29, 0.717) is 22.7 Å². The molecule has 1 amide bonds. The van der Waals surface area contributed by atoms with Crippen LogP contribution in [0.5, 0.6) is 0 Å². The normalized spacial score (nSPS) is 18.9. The third-order valence-corrected chi connectivity index (χ3v) is 4.88. The number of aliphatic hydroxyl groups is 1. The minimum atomic E-state index is -0.683. The SMILES string of the molecule is CCCCCN1C(=O)C(=O)/C(=C(\O)c2cccc(Cl)c2)C1c1cccnc1. The lowest BCUT2D eigenvalue weighted by Crippen LogP contribution is -2.30.